The second-order valence-corrected chi connectivity index (χ2v) is 23.7. The quantitative estimate of drug-likeness (QED) is 0.0332. The first-order chi connectivity index (χ1) is 41.6. The summed E-state index contributed by atoms with van der Waals surface area (Å²) in [6, 6.07) is 15.7. The normalized spacial score (nSPS) is 21.8. The molecule has 1 unspecified atom stereocenters. The molecule has 0 aliphatic carbocycles. The molecule has 2 fully saturated rings. The fourth-order valence-electron chi connectivity index (χ4n) is 9.45. The first-order valence-electron chi connectivity index (χ1n) is 27.6. The van der Waals surface area contributed by atoms with E-state index >= 15 is 4.79 Å². The molecule has 4 aromatic carbocycles. The summed E-state index contributed by atoms with van der Waals surface area (Å²) >= 11 is 6.19. The first-order valence-corrected chi connectivity index (χ1v) is 30.4. The summed E-state index contributed by atoms with van der Waals surface area (Å²) in [6.07, 6.45) is -0.573. The van der Waals surface area contributed by atoms with Crippen molar-refractivity contribution >= 4 is 92.3 Å². The lowest BCUT2D eigenvalue weighted by Gasteiger charge is -2.40. The number of primary amides is 2. The Kier molecular flexibility index (Phi) is 23.9. The lowest BCUT2D eigenvalue weighted by Crippen LogP contribution is -2.71. The van der Waals surface area contributed by atoms with Crippen LogP contribution in [-0.4, -0.2) is 158 Å². The van der Waals surface area contributed by atoms with Crippen molar-refractivity contribution in [3.8, 4) is 11.5 Å². The number of aromatic hydroxyl groups is 2. The number of halogens is 1. The zero-order valence-electron chi connectivity index (χ0n) is 46.9. The highest BCUT2D eigenvalue weighted by Gasteiger charge is 2.49. The number of aliphatic hydroxyl groups is 1. The molecule has 87 heavy (non-hydrogen) atoms. The van der Waals surface area contributed by atoms with Crippen LogP contribution < -0.4 is 59.3 Å². The summed E-state index contributed by atoms with van der Waals surface area (Å²) in [6.45, 7) is 0.517. The van der Waals surface area contributed by atoms with Gasteiger partial charge in [0.15, 0.2) is 0 Å². The molecule has 0 saturated carbocycles. The molecule has 10 amide bonds. The lowest BCUT2D eigenvalue weighted by atomic mass is 9.94. The van der Waals surface area contributed by atoms with E-state index in [1.54, 1.807) is 43.4 Å². The molecular formula is C59H67ClN12O13S2. The van der Waals surface area contributed by atoms with Gasteiger partial charge >= 0.3 is 0 Å². The minimum absolute atomic E-state index is 0.0215. The number of carbonyl (C=O) groups is 10. The van der Waals surface area contributed by atoms with E-state index in [0.717, 1.165) is 21.6 Å². The molecule has 2 aliphatic heterocycles. The Morgan fingerprint density at radius 2 is 1.21 bits per heavy atom. The summed E-state index contributed by atoms with van der Waals surface area (Å²) in [5.74, 6) is -9.81. The van der Waals surface area contributed by atoms with Crippen LogP contribution in [0.15, 0.2) is 121 Å². The van der Waals surface area contributed by atoms with Gasteiger partial charge in [0.25, 0.3) is 5.91 Å². The molecule has 10 atom stereocenters. The first kappa shape index (κ1) is 65.8. The van der Waals surface area contributed by atoms with Crippen LogP contribution in [0, 0.1) is 0 Å². The lowest BCUT2D eigenvalue weighted by molar-refractivity contribution is -0.140. The average Bonchev–Trinajstić information content (AvgIpc) is 3.60. The van der Waals surface area contributed by atoms with Gasteiger partial charge in [0.1, 0.15) is 65.5 Å². The van der Waals surface area contributed by atoms with Gasteiger partial charge < -0.3 is 74.6 Å². The van der Waals surface area contributed by atoms with Gasteiger partial charge in [-0.25, -0.2) is 0 Å². The number of pyridine rings is 1. The highest BCUT2D eigenvalue weighted by atomic mass is 35.5. The molecule has 460 valence electrons. The van der Waals surface area contributed by atoms with Crippen molar-refractivity contribution in [3.05, 3.63) is 160 Å². The maximum Gasteiger partial charge on any atom is 0.270 e. The van der Waals surface area contributed by atoms with Crippen LogP contribution in [0.2, 0.25) is 5.02 Å². The summed E-state index contributed by atoms with van der Waals surface area (Å²) in [7, 11) is 3.31. The fourth-order valence-corrected chi connectivity index (χ4v) is 12.5. The number of nitrogens with one attached hydrogen (secondary N) is 9. The molecule has 5 aromatic rings. The van der Waals surface area contributed by atoms with Crippen LogP contribution in [0.25, 0.3) is 0 Å². The monoisotopic (exact) mass is 1250 g/mol. The molecule has 2 bridgehead atoms. The second-order valence-electron chi connectivity index (χ2n) is 20.7. The Hall–Kier alpha value is -8.76. The van der Waals surface area contributed by atoms with Gasteiger partial charge in [-0.2, -0.15) is 0 Å². The van der Waals surface area contributed by atoms with E-state index in [4.69, 9.17) is 23.1 Å². The number of aliphatic hydroxyl groups excluding tert-OH is 1. The Morgan fingerprint density at radius 3 is 1.78 bits per heavy atom. The number of nitrogens with zero attached hydrogens (tertiary/aromatic N) is 1. The van der Waals surface area contributed by atoms with Gasteiger partial charge in [-0.15, -0.1) is 0 Å². The van der Waals surface area contributed by atoms with Gasteiger partial charge in [0.05, 0.1) is 11.4 Å². The van der Waals surface area contributed by atoms with Crippen LogP contribution >= 0.6 is 33.2 Å². The van der Waals surface area contributed by atoms with Gasteiger partial charge in [0, 0.05) is 48.2 Å². The maximum absolute atomic E-state index is 15.1. The summed E-state index contributed by atoms with van der Waals surface area (Å²) in [5.41, 5.74) is 13.2. The van der Waals surface area contributed by atoms with Gasteiger partial charge in [-0.3, -0.25) is 52.9 Å². The van der Waals surface area contributed by atoms with E-state index in [0.29, 0.717) is 46.7 Å². The molecule has 3 heterocycles. The van der Waals surface area contributed by atoms with Crippen LogP contribution in [0.1, 0.15) is 62.4 Å². The van der Waals surface area contributed by atoms with Crippen LogP contribution in [0.4, 0.5) is 0 Å². The second kappa shape index (κ2) is 31.6. The maximum atomic E-state index is 15.1. The smallest absolute Gasteiger partial charge is 0.270 e. The number of nitrogens with two attached hydrogens (primary N) is 2. The zero-order valence-corrected chi connectivity index (χ0v) is 49.3. The van der Waals surface area contributed by atoms with Crippen molar-refractivity contribution in [3.63, 3.8) is 0 Å². The Balaban J connectivity index is 1.30. The van der Waals surface area contributed by atoms with E-state index < -0.39 is 125 Å². The average molecular weight is 1250 g/mol. The molecule has 25 nitrogen and oxygen atoms in total. The van der Waals surface area contributed by atoms with E-state index in [-0.39, 0.29) is 54.9 Å². The van der Waals surface area contributed by atoms with E-state index in [1.165, 1.54) is 85.1 Å². The van der Waals surface area contributed by atoms with Crippen LogP contribution in [0.5, 0.6) is 11.5 Å². The number of aromatic nitrogens is 1. The van der Waals surface area contributed by atoms with Crippen molar-refractivity contribution in [1.29, 1.82) is 0 Å². The SMILES string of the molecule is CNCCCC[C@@H]1NC(=O)[C@@H](Cc2ccc(C(N)=O)cc2)NC(=O)[C@H](Cc2ccc(O)cc2)NC(=O)[C@H](NC(=O)[C@H](Cc2ccc(Cl)cc2)NC(=O)c2ccccn2)CSSC2[C@@H](C(=O)N[C@H](Cc3ccc(O)cc3)C(N)=O)NC(=O)[C@@H](NC1=O)[C@@H]2O. The molecule has 2 aliphatic rings. The highest BCUT2D eigenvalue weighted by Crippen LogP contribution is 2.35. The number of fused-ring (bicyclic) bond motifs is 2. The standard InChI is InChI=1S/C59H67ClN12O13S2/c1-63-24-4-2-7-40-53(79)71-46-48(75)49(47(72-58(46)84)59(85)66-41(51(62)77)26-33-12-20-37(73)21-13-33)87-86-30-45(70-56(82)44(28-32-10-18-36(60)19-11-32)67-52(78)39-6-3-5-25-64-39)57(83)69-43(29-34-14-22-38(74)23-15-34)55(81)68-42(54(80)65-40)27-31-8-16-35(17-9-31)50(61)76/h3,5-6,8-23,25,40-49,63,73-75H,2,4,7,24,26-30H2,1H3,(H2,61,76)(H2,62,77)(H,65,80)(H,66,85)(H,67,78)(H,68,81)(H,69,83)(H,70,82)(H,71,79)(H,72,84)/t40-,41+,42+,43-,44-,45+,46-,47-,48-,49?/m0/s1. The summed E-state index contributed by atoms with van der Waals surface area (Å²) < 4.78 is 0. The number of piperidine rings is 1. The largest absolute Gasteiger partial charge is 0.508 e. The van der Waals surface area contributed by atoms with Gasteiger partial charge in [0.2, 0.25) is 53.2 Å². The third-order valence-corrected chi connectivity index (χ3v) is 17.4. The number of hydrogen-bond donors (Lipinski definition) is 14. The Bertz CT molecular complexity index is 3260. The number of phenols is 2. The molecule has 0 radical (unpaired) electrons. The fraction of sp³-hybridized carbons (Fsp3) is 0.339. The number of carbonyl (C=O) groups excluding carboxylic acids is 10. The number of phenolic OH excluding ortho intramolecular Hbond substituents is 2. The molecule has 0 spiro atoms. The minimum Gasteiger partial charge on any atom is -0.508 e. The molecule has 1 aromatic heterocycles. The molecule has 16 N–H and O–H groups in total. The number of rotatable bonds is 21. The number of amides is 10. The third-order valence-electron chi connectivity index (χ3n) is 14.2. The van der Waals surface area contributed by atoms with Crippen molar-refractivity contribution < 1.29 is 63.3 Å². The predicted molar refractivity (Wildman–Crippen MR) is 323 cm³/mol. The predicted octanol–water partition coefficient (Wildman–Crippen LogP) is -0.279. The number of unbranched alkanes of at least 4 members (excludes halogenated alkanes) is 1. The van der Waals surface area contributed by atoms with E-state index in [1.807, 2.05) is 0 Å². The van der Waals surface area contributed by atoms with Crippen LogP contribution in [-0.2, 0) is 64.0 Å². The summed E-state index contributed by atoms with van der Waals surface area (Å²) in [4.78, 5) is 146. The number of hydrogen-bond acceptors (Lipinski definition) is 17. The number of benzene rings is 4. The van der Waals surface area contributed by atoms with E-state index in [9.17, 15) is 58.5 Å². The molecule has 7 rings (SSSR count). The molecule has 2 saturated heterocycles. The van der Waals surface area contributed by atoms with Gasteiger partial charge in [-0.1, -0.05) is 87.8 Å². The van der Waals surface area contributed by atoms with Gasteiger partial charge in [-0.05, 0) is 116 Å². The van der Waals surface area contributed by atoms with Crippen molar-refractivity contribution in [2.45, 2.75) is 105 Å². The Morgan fingerprint density at radius 1 is 0.655 bits per heavy atom. The van der Waals surface area contributed by atoms with Crippen molar-refractivity contribution in [2.24, 2.45) is 11.5 Å². The van der Waals surface area contributed by atoms with Crippen molar-refractivity contribution in [1.82, 2.24) is 52.8 Å². The highest BCUT2D eigenvalue weighted by molar-refractivity contribution is 8.77. The van der Waals surface area contributed by atoms with E-state index in [2.05, 4.69) is 52.8 Å². The Labute approximate surface area is 512 Å². The topological polar surface area (TPSA) is 405 Å². The summed E-state index contributed by atoms with van der Waals surface area (Å²) in [5, 5.41) is 55.5. The molecular weight excluding hydrogens is 1180 g/mol. The zero-order chi connectivity index (χ0) is 62.7. The van der Waals surface area contributed by atoms with Crippen molar-refractivity contribution in [2.75, 3.05) is 19.3 Å². The third kappa shape index (κ3) is 19.1. The van der Waals surface area contributed by atoms with Crippen LogP contribution in [0.3, 0.4) is 0 Å². The minimum atomic E-state index is -1.93. The molecule has 28 heteroatoms.